The molecule has 3 heterocycles. The highest BCUT2D eigenvalue weighted by atomic mass is 31.2. The van der Waals surface area contributed by atoms with Gasteiger partial charge in [-0.25, -0.2) is 24.6 Å². The molecule has 11 heteroatoms. The van der Waals surface area contributed by atoms with Gasteiger partial charge in [0.1, 0.15) is 12.6 Å². The molecule has 32 heavy (non-hydrogen) atoms. The van der Waals surface area contributed by atoms with Crippen molar-refractivity contribution in [3.05, 3.63) is 12.7 Å². The Labute approximate surface area is 190 Å². The van der Waals surface area contributed by atoms with Crippen LogP contribution in [0.2, 0.25) is 0 Å². The van der Waals surface area contributed by atoms with E-state index in [4.69, 9.17) is 19.0 Å². The second kappa shape index (κ2) is 11.7. The summed E-state index contributed by atoms with van der Waals surface area (Å²) < 4.78 is 22.6. The lowest BCUT2D eigenvalue weighted by molar-refractivity contribution is -0.0187. The predicted molar refractivity (Wildman–Crippen MR) is 123 cm³/mol. The number of nitriles is 1. The summed E-state index contributed by atoms with van der Waals surface area (Å²) in [7, 11) is -1.28. The molecule has 3 rings (SSSR count). The van der Waals surface area contributed by atoms with Crippen LogP contribution in [0.5, 0.6) is 0 Å². The summed E-state index contributed by atoms with van der Waals surface area (Å²) in [4.78, 5) is 17.3. The molecule has 2 aromatic heterocycles. The zero-order valence-electron chi connectivity index (χ0n) is 19.4. The highest BCUT2D eigenvalue weighted by Gasteiger charge is 2.32. The quantitative estimate of drug-likeness (QED) is 0.273. The van der Waals surface area contributed by atoms with Crippen molar-refractivity contribution in [2.45, 2.75) is 78.3 Å². The molecule has 0 bridgehead atoms. The van der Waals surface area contributed by atoms with Crippen molar-refractivity contribution in [3.63, 3.8) is 0 Å². The number of nitrogens with zero attached hydrogens (tertiary/aromatic N) is 7. The minimum absolute atomic E-state index is 0.0573. The van der Waals surface area contributed by atoms with Crippen molar-refractivity contribution in [3.8, 4) is 6.07 Å². The number of hydrogen-bond donors (Lipinski definition) is 0. The molecule has 2 aromatic rings. The van der Waals surface area contributed by atoms with Crippen LogP contribution < -0.4 is 0 Å². The summed E-state index contributed by atoms with van der Waals surface area (Å²) >= 11 is 0. The predicted octanol–water partition coefficient (Wildman–Crippen LogP) is 4.52. The van der Waals surface area contributed by atoms with Crippen molar-refractivity contribution in [1.29, 1.82) is 5.26 Å². The van der Waals surface area contributed by atoms with Gasteiger partial charge in [-0.15, -0.1) is 0 Å². The molecule has 0 amide bonds. The average molecular weight is 462 g/mol. The normalized spacial score (nSPS) is 20.2. The Bertz CT molecular complexity index is 935. The summed E-state index contributed by atoms with van der Waals surface area (Å²) in [6.45, 7) is 11.1. The number of imidazole rings is 1. The zero-order chi connectivity index (χ0) is 23.1. The fraction of sp³-hybridized carbons (Fsp3) is 0.667. The van der Waals surface area contributed by atoms with Crippen molar-refractivity contribution in [1.82, 2.24) is 24.2 Å². The summed E-state index contributed by atoms with van der Waals surface area (Å²) in [5, 5.41) is 8.86. The van der Waals surface area contributed by atoms with E-state index in [-0.39, 0.29) is 24.4 Å². The van der Waals surface area contributed by atoms with E-state index in [9.17, 15) is 0 Å². The highest BCUT2D eigenvalue weighted by Crippen LogP contribution is 2.46. The van der Waals surface area contributed by atoms with Gasteiger partial charge in [0.15, 0.2) is 17.0 Å². The van der Waals surface area contributed by atoms with Crippen molar-refractivity contribution < 1.29 is 13.8 Å². The van der Waals surface area contributed by atoms with E-state index in [1.165, 1.54) is 6.33 Å². The van der Waals surface area contributed by atoms with E-state index in [2.05, 4.69) is 58.4 Å². The molecule has 1 aliphatic heterocycles. The monoisotopic (exact) mass is 461 g/mol. The van der Waals surface area contributed by atoms with Crippen LogP contribution in [0.15, 0.2) is 17.6 Å². The molecule has 10 nitrogen and oxygen atoms in total. The smallest absolute Gasteiger partial charge is 0.259 e. The first kappa shape index (κ1) is 24.6. The Balaban J connectivity index is 1.65. The fourth-order valence-corrected chi connectivity index (χ4v) is 5.38. The number of aliphatic imine (C=N–C) groups is 1. The number of aromatic nitrogens is 4. The number of rotatable bonds is 11. The maximum absolute atomic E-state index is 8.86. The van der Waals surface area contributed by atoms with E-state index >= 15 is 0 Å². The first-order chi connectivity index (χ1) is 15.5. The standard InChI is InChI=1S/C21H32N7O3P/c1-6-23-20-19-21(25-13-24-20)27(14-26-19)18-9-8-17(31-18)12-30-32(29-11-7-10-22)28(15(2)3)16(4)5/h6,13-18H,7-9,11-12H2,1-5H3/b23-6-. The minimum Gasteiger partial charge on any atom is -0.352 e. The Morgan fingerprint density at radius 1 is 1.28 bits per heavy atom. The third kappa shape index (κ3) is 5.85. The second-order valence-corrected chi connectivity index (χ2v) is 9.50. The molecule has 0 aromatic carbocycles. The lowest BCUT2D eigenvalue weighted by Gasteiger charge is -2.36. The van der Waals surface area contributed by atoms with Crippen LogP contribution in [0.25, 0.3) is 11.2 Å². The largest absolute Gasteiger partial charge is 0.352 e. The van der Waals surface area contributed by atoms with Crippen molar-refractivity contribution >= 4 is 31.7 Å². The maximum Gasteiger partial charge on any atom is 0.259 e. The summed E-state index contributed by atoms with van der Waals surface area (Å²) in [6.07, 6.45) is 6.73. The van der Waals surface area contributed by atoms with Gasteiger partial charge in [-0.2, -0.15) is 5.26 Å². The van der Waals surface area contributed by atoms with Crippen LogP contribution in [0, 0.1) is 11.3 Å². The molecule has 0 spiro atoms. The van der Waals surface area contributed by atoms with Crippen molar-refractivity contribution in [2.75, 3.05) is 13.2 Å². The first-order valence-electron chi connectivity index (χ1n) is 11.0. The summed E-state index contributed by atoms with van der Waals surface area (Å²) in [5.74, 6) is 0.553. The molecule has 0 N–H and O–H groups in total. The molecular weight excluding hydrogens is 429 g/mol. The lowest BCUT2D eigenvalue weighted by Crippen LogP contribution is -2.34. The van der Waals surface area contributed by atoms with Crippen LogP contribution in [-0.2, 0) is 13.8 Å². The molecule has 0 aliphatic carbocycles. The summed E-state index contributed by atoms with van der Waals surface area (Å²) in [6, 6.07) is 2.65. The highest BCUT2D eigenvalue weighted by molar-refractivity contribution is 7.44. The minimum atomic E-state index is -1.28. The van der Waals surface area contributed by atoms with Crippen LogP contribution in [0.1, 0.15) is 60.1 Å². The average Bonchev–Trinajstić information content (AvgIpc) is 3.39. The molecule has 1 saturated heterocycles. The van der Waals surface area contributed by atoms with Gasteiger partial charge in [-0.3, -0.25) is 4.57 Å². The van der Waals surface area contributed by atoms with Gasteiger partial charge < -0.3 is 13.8 Å². The first-order valence-corrected chi connectivity index (χ1v) is 12.1. The SMILES string of the molecule is C/C=N\c1ncnc2c1ncn2C1CCC(COP(OCCC#N)N(C(C)C)C(C)C)O1. The summed E-state index contributed by atoms with van der Waals surface area (Å²) in [5.41, 5.74) is 1.37. The molecule has 1 aliphatic rings. The van der Waals surface area contributed by atoms with Gasteiger partial charge in [0.2, 0.25) is 0 Å². The molecule has 0 radical (unpaired) electrons. The van der Waals surface area contributed by atoms with Gasteiger partial charge in [0.25, 0.3) is 8.53 Å². The zero-order valence-corrected chi connectivity index (χ0v) is 20.3. The molecule has 174 valence electrons. The molecule has 3 atom stereocenters. The van der Waals surface area contributed by atoms with Crippen LogP contribution in [0.3, 0.4) is 0 Å². The second-order valence-electron chi connectivity index (χ2n) is 8.04. The maximum atomic E-state index is 8.86. The Hall–Kier alpha value is -2.02. The molecule has 1 fully saturated rings. The van der Waals surface area contributed by atoms with Crippen LogP contribution in [0.4, 0.5) is 5.82 Å². The van der Waals surface area contributed by atoms with Crippen LogP contribution >= 0.6 is 8.53 Å². The van der Waals surface area contributed by atoms with E-state index in [1.54, 1.807) is 12.5 Å². The number of fused-ring (bicyclic) bond motifs is 1. The third-order valence-electron chi connectivity index (χ3n) is 5.02. The number of ether oxygens (including phenoxy) is 1. The lowest BCUT2D eigenvalue weighted by atomic mass is 10.2. The van der Waals surface area contributed by atoms with Gasteiger partial charge in [0.05, 0.1) is 38.1 Å². The van der Waals surface area contributed by atoms with Gasteiger partial charge in [-0.05, 0) is 47.5 Å². The van der Waals surface area contributed by atoms with Crippen molar-refractivity contribution in [2.24, 2.45) is 4.99 Å². The molecular formula is C21H32N7O3P. The Morgan fingerprint density at radius 2 is 2.06 bits per heavy atom. The Kier molecular flexibility index (Phi) is 9.02. The van der Waals surface area contributed by atoms with E-state index < -0.39 is 8.53 Å². The van der Waals surface area contributed by atoms with E-state index in [0.29, 0.717) is 36.6 Å². The van der Waals surface area contributed by atoms with E-state index in [0.717, 1.165) is 12.8 Å². The Morgan fingerprint density at radius 3 is 2.75 bits per heavy atom. The van der Waals surface area contributed by atoms with Crippen LogP contribution in [-0.4, -0.2) is 61.8 Å². The third-order valence-corrected chi connectivity index (χ3v) is 7.09. The van der Waals surface area contributed by atoms with Gasteiger partial charge in [-0.1, -0.05) is 0 Å². The fourth-order valence-electron chi connectivity index (χ4n) is 3.74. The molecule has 0 saturated carbocycles. The van der Waals surface area contributed by atoms with Gasteiger partial charge in [0, 0.05) is 18.3 Å². The van der Waals surface area contributed by atoms with E-state index in [1.807, 2.05) is 11.5 Å². The topological polar surface area (TPSA) is 111 Å². The number of hydrogen-bond acceptors (Lipinski definition) is 9. The molecule has 3 unspecified atom stereocenters. The van der Waals surface area contributed by atoms with Gasteiger partial charge >= 0.3 is 0 Å².